The minimum atomic E-state index is 0.0853. The Morgan fingerprint density at radius 1 is 1.36 bits per heavy atom. The maximum Gasteiger partial charge on any atom is 0.243 e. The van der Waals surface area contributed by atoms with Crippen LogP contribution in [0.15, 0.2) is 17.2 Å². The van der Waals surface area contributed by atoms with Crippen LogP contribution in [0.5, 0.6) is 0 Å². The Hall–Kier alpha value is -1.80. The molecule has 0 saturated carbocycles. The Morgan fingerprint density at radius 3 is 2.91 bits per heavy atom. The smallest absolute Gasteiger partial charge is 0.243 e. The van der Waals surface area contributed by atoms with E-state index in [9.17, 15) is 0 Å². The molecule has 1 aliphatic heterocycles. The highest BCUT2D eigenvalue weighted by Crippen LogP contribution is 2.23. The average Bonchev–Trinajstić information content (AvgIpc) is 3.18. The van der Waals surface area contributed by atoms with Crippen LogP contribution in [-0.2, 0) is 11.3 Å². The molecule has 1 fully saturated rings. The number of nitrogens with zero attached hydrogens (tertiary/aromatic N) is 6. The normalized spacial score (nSPS) is 21.4. The Balaban J connectivity index is 1.63. The van der Waals surface area contributed by atoms with Crippen molar-refractivity contribution in [2.24, 2.45) is 0 Å². The third-order valence-electron chi connectivity index (χ3n) is 3.91. The van der Waals surface area contributed by atoms with Gasteiger partial charge in [-0.3, -0.25) is 9.58 Å². The molecule has 3 heterocycles. The van der Waals surface area contributed by atoms with Gasteiger partial charge in [0.2, 0.25) is 5.89 Å². The average molecular weight is 306 g/mol. The van der Waals surface area contributed by atoms with Crippen molar-refractivity contribution in [2.75, 3.05) is 19.7 Å². The maximum absolute atomic E-state index is 5.81. The number of aromatic nitrogens is 5. The topological polar surface area (TPSA) is 82.1 Å². The molecule has 0 aromatic carbocycles. The highest BCUT2D eigenvalue weighted by Gasteiger charge is 2.28. The molecule has 0 bridgehead atoms. The summed E-state index contributed by atoms with van der Waals surface area (Å²) in [7, 11) is 0. The SMILES string of the molecule is CC(C)c1noc([C@H](C)N2CCO[C@H](Cn3cncn3)C2)n1. The summed E-state index contributed by atoms with van der Waals surface area (Å²) in [4.78, 5) is 10.8. The van der Waals surface area contributed by atoms with Crippen molar-refractivity contribution < 1.29 is 9.26 Å². The molecule has 120 valence electrons. The van der Waals surface area contributed by atoms with E-state index in [4.69, 9.17) is 9.26 Å². The van der Waals surface area contributed by atoms with Gasteiger partial charge in [-0.2, -0.15) is 10.1 Å². The summed E-state index contributed by atoms with van der Waals surface area (Å²) in [6, 6.07) is 0.0853. The lowest BCUT2D eigenvalue weighted by Gasteiger charge is -2.35. The third kappa shape index (κ3) is 3.33. The maximum atomic E-state index is 5.81. The molecule has 2 aromatic heterocycles. The van der Waals surface area contributed by atoms with Gasteiger partial charge < -0.3 is 9.26 Å². The zero-order valence-electron chi connectivity index (χ0n) is 13.2. The zero-order valence-corrected chi connectivity index (χ0v) is 13.2. The summed E-state index contributed by atoms with van der Waals surface area (Å²) in [6.45, 7) is 9.26. The minimum Gasteiger partial charge on any atom is -0.374 e. The van der Waals surface area contributed by atoms with Crippen molar-refractivity contribution in [3.63, 3.8) is 0 Å². The first-order valence-corrected chi connectivity index (χ1v) is 7.65. The summed E-state index contributed by atoms with van der Waals surface area (Å²) >= 11 is 0. The van der Waals surface area contributed by atoms with Crippen molar-refractivity contribution in [2.45, 2.75) is 45.4 Å². The molecule has 0 amide bonds. The molecule has 0 N–H and O–H groups in total. The van der Waals surface area contributed by atoms with Crippen molar-refractivity contribution >= 4 is 0 Å². The lowest BCUT2D eigenvalue weighted by molar-refractivity contribution is -0.0532. The summed E-state index contributed by atoms with van der Waals surface area (Å²) in [5.41, 5.74) is 0. The zero-order chi connectivity index (χ0) is 15.5. The van der Waals surface area contributed by atoms with E-state index in [1.165, 1.54) is 6.33 Å². The summed E-state index contributed by atoms with van der Waals surface area (Å²) < 4.78 is 13.0. The van der Waals surface area contributed by atoms with Crippen LogP contribution in [0.25, 0.3) is 0 Å². The van der Waals surface area contributed by atoms with E-state index >= 15 is 0 Å². The second-order valence-corrected chi connectivity index (χ2v) is 5.93. The fourth-order valence-corrected chi connectivity index (χ4v) is 2.55. The molecule has 3 rings (SSSR count). The number of hydrogen-bond donors (Lipinski definition) is 0. The lowest BCUT2D eigenvalue weighted by atomic mass is 10.2. The van der Waals surface area contributed by atoms with E-state index in [1.807, 2.05) is 0 Å². The van der Waals surface area contributed by atoms with Gasteiger partial charge in [-0.1, -0.05) is 19.0 Å². The van der Waals surface area contributed by atoms with Crippen molar-refractivity contribution in [1.29, 1.82) is 0 Å². The Labute approximate surface area is 129 Å². The Kier molecular flexibility index (Phi) is 4.49. The first-order chi connectivity index (χ1) is 10.6. The molecule has 1 saturated heterocycles. The van der Waals surface area contributed by atoms with Crippen molar-refractivity contribution in [3.8, 4) is 0 Å². The molecule has 0 unspecified atom stereocenters. The fourth-order valence-electron chi connectivity index (χ4n) is 2.55. The molecule has 2 atom stereocenters. The minimum absolute atomic E-state index is 0.0853. The van der Waals surface area contributed by atoms with Crippen LogP contribution in [0.3, 0.4) is 0 Å². The monoisotopic (exact) mass is 306 g/mol. The lowest BCUT2D eigenvalue weighted by Crippen LogP contribution is -2.45. The highest BCUT2D eigenvalue weighted by atomic mass is 16.5. The van der Waals surface area contributed by atoms with E-state index in [-0.39, 0.29) is 18.1 Å². The Morgan fingerprint density at radius 2 is 2.23 bits per heavy atom. The Bertz CT molecular complexity index is 582. The molecule has 8 nitrogen and oxygen atoms in total. The molecular formula is C14H22N6O2. The van der Waals surface area contributed by atoms with Crippen LogP contribution < -0.4 is 0 Å². The van der Waals surface area contributed by atoms with Gasteiger partial charge in [0.15, 0.2) is 5.82 Å². The molecule has 0 radical (unpaired) electrons. The van der Waals surface area contributed by atoms with E-state index < -0.39 is 0 Å². The first kappa shape index (κ1) is 15.1. The second kappa shape index (κ2) is 6.53. The third-order valence-corrected chi connectivity index (χ3v) is 3.91. The first-order valence-electron chi connectivity index (χ1n) is 7.65. The quantitative estimate of drug-likeness (QED) is 0.822. The van der Waals surface area contributed by atoms with Gasteiger partial charge in [0.05, 0.1) is 25.3 Å². The van der Waals surface area contributed by atoms with Gasteiger partial charge in [-0.15, -0.1) is 0 Å². The summed E-state index contributed by atoms with van der Waals surface area (Å²) in [6.07, 6.45) is 3.33. The number of rotatable bonds is 5. The van der Waals surface area contributed by atoms with E-state index in [2.05, 4.69) is 45.9 Å². The molecular weight excluding hydrogens is 284 g/mol. The number of morpholine rings is 1. The van der Waals surface area contributed by atoms with Crippen molar-refractivity contribution in [1.82, 2.24) is 29.8 Å². The number of hydrogen-bond acceptors (Lipinski definition) is 7. The molecule has 2 aromatic rings. The van der Waals surface area contributed by atoms with Gasteiger partial charge in [0, 0.05) is 19.0 Å². The van der Waals surface area contributed by atoms with Gasteiger partial charge in [-0.25, -0.2) is 4.98 Å². The number of ether oxygens (including phenoxy) is 1. The van der Waals surface area contributed by atoms with E-state index in [1.54, 1.807) is 11.0 Å². The van der Waals surface area contributed by atoms with Crippen LogP contribution in [0.2, 0.25) is 0 Å². The summed E-state index contributed by atoms with van der Waals surface area (Å²) in [5.74, 6) is 1.70. The second-order valence-electron chi connectivity index (χ2n) is 5.93. The molecule has 0 aliphatic carbocycles. The fraction of sp³-hybridized carbons (Fsp3) is 0.714. The van der Waals surface area contributed by atoms with Gasteiger partial charge in [0.25, 0.3) is 0 Å². The standard InChI is InChI=1S/C14H22N6O2/c1-10(2)13-17-14(22-18-13)11(3)19-4-5-21-12(6-19)7-20-9-15-8-16-20/h8-12H,4-7H2,1-3H3/t11-,12-/m0/s1. The van der Waals surface area contributed by atoms with Crippen LogP contribution in [0.4, 0.5) is 0 Å². The molecule has 1 aliphatic rings. The van der Waals surface area contributed by atoms with E-state index in [0.717, 1.165) is 18.9 Å². The van der Waals surface area contributed by atoms with E-state index in [0.29, 0.717) is 19.0 Å². The van der Waals surface area contributed by atoms with Crippen LogP contribution in [-0.4, -0.2) is 55.6 Å². The predicted octanol–water partition coefficient (Wildman–Crippen LogP) is 1.25. The predicted molar refractivity (Wildman–Crippen MR) is 78.1 cm³/mol. The van der Waals surface area contributed by atoms with Gasteiger partial charge >= 0.3 is 0 Å². The van der Waals surface area contributed by atoms with Gasteiger partial charge in [0.1, 0.15) is 12.7 Å². The molecule has 8 heteroatoms. The summed E-state index contributed by atoms with van der Waals surface area (Å²) in [5, 5.41) is 8.17. The van der Waals surface area contributed by atoms with Crippen LogP contribution in [0.1, 0.15) is 44.4 Å². The van der Waals surface area contributed by atoms with Crippen LogP contribution >= 0.6 is 0 Å². The van der Waals surface area contributed by atoms with Gasteiger partial charge in [-0.05, 0) is 6.92 Å². The molecule has 0 spiro atoms. The molecule has 22 heavy (non-hydrogen) atoms. The largest absolute Gasteiger partial charge is 0.374 e. The van der Waals surface area contributed by atoms with Crippen molar-refractivity contribution in [3.05, 3.63) is 24.4 Å². The van der Waals surface area contributed by atoms with Crippen LogP contribution in [0, 0.1) is 0 Å². The highest BCUT2D eigenvalue weighted by molar-refractivity contribution is 4.96.